The third-order valence-electron chi connectivity index (χ3n) is 14.6. The highest BCUT2D eigenvalue weighted by Gasteiger charge is 2.19. The van der Waals surface area contributed by atoms with Gasteiger partial charge in [0.2, 0.25) is 0 Å². The highest BCUT2D eigenvalue weighted by atomic mass is 16.6. The second-order valence-corrected chi connectivity index (χ2v) is 22.0. The molecule has 74 heavy (non-hydrogen) atoms. The maximum absolute atomic E-state index is 12.9. The van der Waals surface area contributed by atoms with Crippen LogP contribution in [0.2, 0.25) is 0 Å². The molecule has 0 rings (SSSR count). The normalized spacial score (nSPS) is 12.3. The van der Waals surface area contributed by atoms with E-state index in [1.807, 2.05) is 0 Å². The number of carbonyl (C=O) groups is 3. The molecule has 0 fully saturated rings. The van der Waals surface area contributed by atoms with Gasteiger partial charge in [0.1, 0.15) is 13.2 Å². The molecule has 0 spiro atoms. The van der Waals surface area contributed by atoms with Crippen LogP contribution in [0.1, 0.15) is 348 Å². The predicted molar refractivity (Wildman–Crippen MR) is 321 cm³/mol. The molecular formula is C68H124O6. The van der Waals surface area contributed by atoms with Crippen LogP contribution in [0.5, 0.6) is 0 Å². The first-order valence-corrected chi connectivity index (χ1v) is 32.6. The first kappa shape index (κ1) is 71.4. The fourth-order valence-corrected chi connectivity index (χ4v) is 9.62. The van der Waals surface area contributed by atoms with Crippen LogP contribution in [0.15, 0.2) is 48.6 Å². The van der Waals surface area contributed by atoms with Crippen molar-refractivity contribution in [1.29, 1.82) is 0 Å². The lowest BCUT2D eigenvalue weighted by Crippen LogP contribution is -2.30. The summed E-state index contributed by atoms with van der Waals surface area (Å²) < 4.78 is 16.9. The molecule has 0 aromatic heterocycles. The zero-order valence-electron chi connectivity index (χ0n) is 49.6. The molecule has 432 valence electrons. The fourth-order valence-electron chi connectivity index (χ4n) is 9.62. The van der Waals surface area contributed by atoms with Gasteiger partial charge in [-0.15, -0.1) is 0 Å². The van der Waals surface area contributed by atoms with Crippen LogP contribution in [0, 0.1) is 0 Å². The minimum atomic E-state index is -0.774. The average molecular weight is 1040 g/mol. The van der Waals surface area contributed by atoms with E-state index >= 15 is 0 Å². The zero-order valence-corrected chi connectivity index (χ0v) is 49.6. The van der Waals surface area contributed by atoms with Gasteiger partial charge in [-0.2, -0.15) is 0 Å². The number of unbranched alkanes of at least 4 members (excludes halogenated alkanes) is 41. The Kier molecular flexibility index (Phi) is 60.7. The standard InChI is InChI=1S/C68H124O6/c1-4-7-10-13-16-19-22-25-27-29-31-32-33-34-35-36-38-39-41-43-46-49-52-55-58-61-67(70)73-64-65(63-72-66(69)60-57-54-51-48-45-24-21-18-15-12-9-6-3)74-68(71)62-59-56-53-50-47-44-42-40-37-30-28-26-23-20-17-14-11-8-5-2/h17,20,22,25-26,28-29,31,65H,4-16,18-19,21,23-24,27,30,32-64H2,1-3H3/b20-17-,25-22-,28-26-,31-29-. The molecule has 0 aromatic rings. The molecule has 6 nitrogen and oxygen atoms in total. The summed E-state index contributed by atoms with van der Waals surface area (Å²) in [6.45, 7) is 6.65. The Hall–Kier alpha value is -2.63. The van der Waals surface area contributed by atoms with Crippen molar-refractivity contribution >= 4 is 17.9 Å². The number of hydrogen-bond donors (Lipinski definition) is 0. The van der Waals surface area contributed by atoms with Crippen LogP contribution >= 0.6 is 0 Å². The highest BCUT2D eigenvalue weighted by Crippen LogP contribution is 2.17. The Morgan fingerprint density at radius 2 is 0.486 bits per heavy atom. The van der Waals surface area contributed by atoms with E-state index in [4.69, 9.17) is 14.2 Å². The van der Waals surface area contributed by atoms with Crippen molar-refractivity contribution in [1.82, 2.24) is 0 Å². The maximum Gasteiger partial charge on any atom is 0.306 e. The van der Waals surface area contributed by atoms with E-state index in [0.29, 0.717) is 19.3 Å². The first-order chi connectivity index (χ1) is 36.5. The van der Waals surface area contributed by atoms with E-state index in [1.54, 1.807) is 0 Å². The van der Waals surface area contributed by atoms with Gasteiger partial charge in [0.15, 0.2) is 6.10 Å². The minimum absolute atomic E-state index is 0.0709. The summed E-state index contributed by atoms with van der Waals surface area (Å²) in [5, 5.41) is 0. The van der Waals surface area contributed by atoms with Crippen molar-refractivity contribution < 1.29 is 28.6 Å². The van der Waals surface area contributed by atoms with Gasteiger partial charge in [-0.1, -0.05) is 294 Å². The van der Waals surface area contributed by atoms with Gasteiger partial charge in [0.05, 0.1) is 0 Å². The summed E-state index contributed by atoms with van der Waals surface area (Å²) in [7, 11) is 0. The molecule has 6 heteroatoms. The number of allylic oxidation sites excluding steroid dienone is 8. The molecule has 0 aromatic carbocycles. The van der Waals surface area contributed by atoms with Gasteiger partial charge in [0, 0.05) is 19.3 Å². The topological polar surface area (TPSA) is 78.9 Å². The Morgan fingerprint density at radius 3 is 0.770 bits per heavy atom. The number of esters is 3. The van der Waals surface area contributed by atoms with E-state index in [1.165, 1.54) is 238 Å². The first-order valence-electron chi connectivity index (χ1n) is 32.6. The average Bonchev–Trinajstić information content (AvgIpc) is 3.40. The fraction of sp³-hybridized carbons (Fsp3) is 0.838. The predicted octanol–water partition coefficient (Wildman–Crippen LogP) is 22.2. The van der Waals surface area contributed by atoms with Crippen molar-refractivity contribution in [3.8, 4) is 0 Å². The van der Waals surface area contributed by atoms with E-state index in [2.05, 4.69) is 69.4 Å². The van der Waals surface area contributed by atoms with Crippen molar-refractivity contribution in [2.45, 2.75) is 354 Å². The molecule has 1 atom stereocenters. The largest absolute Gasteiger partial charge is 0.462 e. The van der Waals surface area contributed by atoms with E-state index in [-0.39, 0.29) is 31.1 Å². The molecule has 0 aliphatic carbocycles. The highest BCUT2D eigenvalue weighted by molar-refractivity contribution is 5.71. The smallest absolute Gasteiger partial charge is 0.306 e. The maximum atomic E-state index is 12.9. The van der Waals surface area contributed by atoms with Gasteiger partial charge in [-0.05, 0) is 83.5 Å². The Labute approximate surface area is 460 Å². The van der Waals surface area contributed by atoms with Crippen LogP contribution in [-0.4, -0.2) is 37.2 Å². The SMILES string of the molecule is CCCCC/C=C\C/C=C\CCCCCCCCCCCC(=O)OC(COC(=O)CCCCCCCCCCCCCC)COC(=O)CCCCCCCCCCCCCCC/C=C\C/C=C\CCCCCCC. The monoisotopic (exact) mass is 1040 g/mol. The molecule has 0 saturated heterocycles. The van der Waals surface area contributed by atoms with Crippen molar-refractivity contribution in [2.75, 3.05) is 13.2 Å². The van der Waals surface area contributed by atoms with E-state index < -0.39 is 6.10 Å². The second-order valence-electron chi connectivity index (χ2n) is 22.0. The van der Waals surface area contributed by atoms with Crippen LogP contribution < -0.4 is 0 Å². The zero-order chi connectivity index (χ0) is 53.6. The molecular weight excluding hydrogens is 913 g/mol. The molecule has 0 aliphatic heterocycles. The second kappa shape index (κ2) is 62.9. The third kappa shape index (κ3) is 60.2. The molecule has 0 aliphatic rings. The van der Waals surface area contributed by atoms with Crippen molar-refractivity contribution in [3.05, 3.63) is 48.6 Å². The number of rotatable bonds is 60. The Balaban J connectivity index is 4.25. The lowest BCUT2D eigenvalue weighted by atomic mass is 10.0. The van der Waals surface area contributed by atoms with E-state index in [9.17, 15) is 14.4 Å². The van der Waals surface area contributed by atoms with Crippen molar-refractivity contribution in [3.63, 3.8) is 0 Å². The lowest BCUT2D eigenvalue weighted by molar-refractivity contribution is -0.167. The van der Waals surface area contributed by atoms with Crippen LogP contribution in [-0.2, 0) is 28.6 Å². The summed E-state index contributed by atoms with van der Waals surface area (Å²) in [6.07, 6.45) is 78.3. The summed E-state index contributed by atoms with van der Waals surface area (Å²) >= 11 is 0. The van der Waals surface area contributed by atoms with Gasteiger partial charge in [-0.3, -0.25) is 14.4 Å². The Bertz CT molecular complexity index is 1280. The van der Waals surface area contributed by atoms with Crippen LogP contribution in [0.25, 0.3) is 0 Å². The lowest BCUT2D eigenvalue weighted by Gasteiger charge is -2.18. The quantitative estimate of drug-likeness (QED) is 0.0261. The van der Waals surface area contributed by atoms with Crippen LogP contribution in [0.3, 0.4) is 0 Å². The summed E-state index contributed by atoms with van der Waals surface area (Å²) in [6, 6.07) is 0. The number of ether oxygens (including phenoxy) is 3. The number of hydrogen-bond acceptors (Lipinski definition) is 6. The molecule has 0 radical (unpaired) electrons. The van der Waals surface area contributed by atoms with Crippen molar-refractivity contribution in [2.24, 2.45) is 0 Å². The molecule has 0 heterocycles. The summed E-state index contributed by atoms with van der Waals surface area (Å²) in [5.41, 5.74) is 0. The van der Waals surface area contributed by atoms with Crippen LogP contribution in [0.4, 0.5) is 0 Å². The van der Waals surface area contributed by atoms with Gasteiger partial charge in [0.25, 0.3) is 0 Å². The van der Waals surface area contributed by atoms with E-state index in [0.717, 1.165) is 70.6 Å². The Morgan fingerprint density at radius 1 is 0.270 bits per heavy atom. The minimum Gasteiger partial charge on any atom is -0.462 e. The molecule has 1 unspecified atom stereocenters. The van der Waals surface area contributed by atoms with Gasteiger partial charge >= 0.3 is 17.9 Å². The molecule has 0 amide bonds. The number of carbonyl (C=O) groups excluding carboxylic acids is 3. The molecule has 0 N–H and O–H groups in total. The van der Waals surface area contributed by atoms with Gasteiger partial charge in [-0.25, -0.2) is 0 Å². The summed E-state index contributed by atoms with van der Waals surface area (Å²) in [4.78, 5) is 38.3. The molecule has 0 saturated carbocycles. The third-order valence-corrected chi connectivity index (χ3v) is 14.6. The molecule has 0 bridgehead atoms. The van der Waals surface area contributed by atoms with Gasteiger partial charge < -0.3 is 14.2 Å². The summed E-state index contributed by atoms with van der Waals surface area (Å²) in [5.74, 6) is -0.855.